The van der Waals surface area contributed by atoms with Crippen LogP contribution in [0.2, 0.25) is 0 Å². The largest absolute Gasteiger partial charge is 0.377 e. The summed E-state index contributed by atoms with van der Waals surface area (Å²) in [5, 5.41) is 1.14. The summed E-state index contributed by atoms with van der Waals surface area (Å²) >= 11 is 3.44. The molecule has 0 aliphatic rings. The van der Waals surface area contributed by atoms with Crippen molar-refractivity contribution >= 4 is 15.9 Å². The molecule has 0 saturated carbocycles. The molecule has 0 fully saturated rings. The molecule has 0 unspecified atom stereocenters. The Labute approximate surface area is 107 Å². The number of hydrogen-bond donors (Lipinski definition) is 0. The molecule has 0 amide bonds. The molecule has 16 heavy (non-hydrogen) atoms. The second-order valence-electron chi connectivity index (χ2n) is 3.99. The number of hydrogen-bond acceptors (Lipinski definition) is 1. The van der Waals surface area contributed by atoms with Crippen molar-refractivity contribution in [3.8, 4) is 0 Å². The quantitative estimate of drug-likeness (QED) is 0.478. The van der Waals surface area contributed by atoms with Gasteiger partial charge in [0.15, 0.2) is 0 Å². The van der Waals surface area contributed by atoms with Gasteiger partial charge in [-0.3, -0.25) is 0 Å². The lowest BCUT2D eigenvalue weighted by molar-refractivity contribution is 0.116. The molecule has 0 aliphatic carbocycles. The second kappa shape index (κ2) is 9.86. The van der Waals surface area contributed by atoms with E-state index in [1.54, 1.807) is 0 Å². The fraction of sp³-hybridized carbons (Fsp3) is 0.571. The molecule has 0 saturated heterocycles. The Balaban J connectivity index is 1.89. The molecular weight excluding hydrogens is 264 g/mol. The summed E-state index contributed by atoms with van der Waals surface area (Å²) in [5.74, 6) is 0. The molecule has 0 atom stereocenters. The molecule has 1 nitrogen and oxygen atoms in total. The lowest BCUT2D eigenvalue weighted by Gasteiger charge is -2.04. The van der Waals surface area contributed by atoms with Crippen molar-refractivity contribution in [1.82, 2.24) is 0 Å². The minimum Gasteiger partial charge on any atom is -0.377 e. The van der Waals surface area contributed by atoms with Crippen LogP contribution in [0.4, 0.5) is 0 Å². The van der Waals surface area contributed by atoms with E-state index in [-0.39, 0.29) is 0 Å². The van der Waals surface area contributed by atoms with Gasteiger partial charge in [0.1, 0.15) is 0 Å². The predicted octanol–water partition coefficient (Wildman–Crippen LogP) is 4.55. The SMILES string of the molecule is BrCCCCCCCOCc1ccccc1. The first-order valence-corrected chi connectivity index (χ1v) is 7.23. The summed E-state index contributed by atoms with van der Waals surface area (Å²) in [7, 11) is 0. The Morgan fingerprint density at radius 3 is 2.31 bits per heavy atom. The summed E-state index contributed by atoms with van der Waals surface area (Å²) in [6, 6.07) is 10.4. The number of benzene rings is 1. The van der Waals surface area contributed by atoms with Gasteiger partial charge in [0.05, 0.1) is 6.61 Å². The van der Waals surface area contributed by atoms with Crippen LogP contribution >= 0.6 is 15.9 Å². The van der Waals surface area contributed by atoms with Crippen molar-refractivity contribution < 1.29 is 4.74 Å². The smallest absolute Gasteiger partial charge is 0.0716 e. The fourth-order valence-electron chi connectivity index (χ4n) is 1.59. The Bertz CT molecular complexity index is 248. The van der Waals surface area contributed by atoms with Gasteiger partial charge in [0.25, 0.3) is 0 Å². The van der Waals surface area contributed by atoms with Gasteiger partial charge in [-0.1, -0.05) is 65.5 Å². The molecule has 0 aromatic heterocycles. The zero-order chi connectivity index (χ0) is 11.5. The van der Waals surface area contributed by atoms with Crippen molar-refractivity contribution in [3.05, 3.63) is 35.9 Å². The van der Waals surface area contributed by atoms with Crippen LogP contribution < -0.4 is 0 Å². The van der Waals surface area contributed by atoms with Gasteiger partial charge in [-0.05, 0) is 18.4 Å². The summed E-state index contributed by atoms with van der Waals surface area (Å²) in [6.07, 6.45) is 6.45. The topological polar surface area (TPSA) is 9.23 Å². The van der Waals surface area contributed by atoms with Gasteiger partial charge in [0, 0.05) is 11.9 Å². The molecule has 0 bridgehead atoms. The molecule has 90 valence electrons. The molecule has 1 aromatic rings. The average molecular weight is 285 g/mol. The highest BCUT2D eigenvalue weighted by molar-refractivity contribution is 9.09. The number of ether oxygens (including phenoxy) is 1. The van der Waals surface area contributed by atoms with E-state index in [0.29, 0.717) is 0 Å². The van der Waals surface area contributed by atoms with Gasteiger partial charge >= 0.3 is 0 Å². The van der Waals surface area contributed by atoms with E-state index < -0.39 is 0 Å². The minimum absolute atomic E-state index is 0.752. The molecular formula is C14H21BrO. The van der Waals surface area contributed by atoms with E-state index in [1.807, 2.05) is 6.07 Å². The zero-order valence-electron chi connectivity index (χ0n) is 9.83. The number of rotatable bonds is 9. The van der Waals surface area contributed by atoms with Gasteiger partial charge < -0.3 is 4.74 Å². The summed E-state index contributed by atoms with van der Waals surface area (Å²) < 4.78 is 5.62. The van der Waals surface area contributed by atoms with Gasteiger partial charge in [-0.25, -0.2) is 0 Å². The van der Waals surface area contributed by atoms with Crippen molar-refractivity contribution in [2.45, 2.75) is 38.7 Å². The van der Waals surface area contributed by atoms with Crippen LogP contribution in [0.3, 0.4) is 0 Å². The van der Waals surface area contributed by atoms with E-state index in [4.69, 9.17) is 4.74 Å². The second-order valence-corrected chi connectivity index (χ2v) is 4.79. The van der Waals surface area contributed by atoms with Crippen molar-refractivity contribution in [3.63, 3.8) is 0 Å². The molecule has 0 spiro atoms. The van der Waals surface area contributed by atoms with Crippen LogP contribution in [-0.4, -0.2) is 11.9 Å². The molecule has 0 heterocycles. The Hall–Kier alpha value is -0.340. The van der Waals surface area contributed by atoms with Gasteiger partial charge in [0.2, 0.25) is 0 Å². The standard InChI is InChI=1S/C14H21BrO/c15-11-7-2-1-3-8-12-16-13-14-9-5-4-6-10-14/h4-6,9-10H,1-3,7-8,11-13H2. The highest BCUT2D eigenvalue weighted by atomic mass is 79.9. The zero-order valence-corrected chi connectivity index (χ0v) is 11.4. The first-order chi connectivity index (χ1) is 7.93. The van der Waals surface area contributed by atoms with Gasteiger partial charge in [-0.15, -0.1) is 0 Å². The normalized spacial score (nSPS) is 10.6. The van der Waals surface area contributed by atoms with E-state index in [0.717, 1.165) is 18.5 Å². The fourth-order valence-corrected chi connectivity index (χ4v) is 1.99. The lowest BCUT2D eigenvalue weighted by atomic mass is 10.2. The lowest BCUT2D eigenvalue weighted by Crippen LogP contribution is -1.95. The van der Waals surface area contributed by atoms with Crippen LogP contribution in [0.25, 0.3) is 0 Å². The third-order valence-electron chi connectivity index (χ3n) is 2.53. The third-order valence-corrected chi connectivity index (χ3v) is 3.09. The number of alkyl halides is 1. The Kier molecular flexibility index (Phi) is 8.45. The van der Waals surface area contributed by atoms with E-state index in [9.17, 15) is 0 Å². The Morgan fingerprint density at radius 1 is 0.875 bits per heavy atom. The highest BCUT2D eigenvalue weighted by Gasteiger charge is 1.93. The molecule has 1 rings (SSSR count). The van der Waals surface area contributed by atoms with Crippen LogP contribution in [0.1, 0.15) is 37.7 Å². The van der Waals surface area contributed by atoms with Crippen LogP contribution in [0.5, 0.6) is 0 Å². The maximum atomic E-state index is 5.62. The van der Waals surface area contributed by atoms with Crippen LogP contribution in [0, 0.1) is 0 Å². The van der Waals surface area contributed by atoms with Crippen LogP contribution in [-0.2, 0) is 11.3 Å². The van der Waals surface area contributed by atoms with Crippen molar-refractivity contribution in [2.75, 3.05) is 11.9 Å². The molecule has 0 radical (unpaired) electrons. The monoisotopic (exact) mass is 284 g/mol. The first-order valence-electron chi connectivity index (χ1n) is 6.11. The maximum absolute atomic E-state index is 5.62. The van der Waals surface area contributed by atoms with E-state index in [2.05, 4.69) is 40.2 Å². The number of unbranched alkanes of at least 4 members (excludes halogenated alkanes) is 4. The molecule has 2 heteroatoms. The molecule has 0 aliphatic heterocycles. The maximum Gasteiger partial charge on any atom is 0.0716 e. The summed E-state index contributed by atoms with van der Waals surface area (Å²) in [6.45, 7) is 1.64. The Morgan fingerprint density at radius 2 is 1.56 bits per heavy atom. The van der Waals surface area contributed by atoms with Crippen molar-refractivity contribution in [2.24, 2.45) is 0 Å². The third kappa shape index (κ3) is 7.02. The average Bonchev–Trinajstić information content (AvgIpc) is 2.34. The molecule has 0 N–H and O–H groups in total. The summed E-state index contributed by atoms with van der Waals surface area (Å²) in [4.78, 5) is 0. The van der Waals surface area contributed by atoms with Gasteiger partial charge in [-0.2, -0.15) is 0 Å². The van der Waals surface area contributed by atoms with E-state index in [1.165, 1.54) is 37.7 Å². The van der Waals surface area contributed by atoms with Crippen LogP contribution in [0.15, 0.2) is 30.3 Å². The van der Waals surface area contributed by atoms with E-state index >= 15 is 0 Å². The molecule has 1 aromatic carbocycles. The minimum atomic E-state index is 0.752. The first kappa shape index (κ1) is 13.7. The highest BCUT2D eigenvalue weighted by Crippen LogP contribution is 2.06. The predicted molar refractivity (Wildman–Crippen MR) is 73.0 cm³/mol. The van der Waals surface area contributed by atoms with Crippen molar-refractivity contribution in [1.29, 1.82) is 0 Å². The summed E-state index contributed by atoms with van der Waals surface area (Å²) in [5.41, 5.74) is 1.27. The number of halogens is 1.